The normalized spacial score (nSPS) is 17.3. The molecule has 8 heteroatoms. The van der Waals surface area contributed by atoms with Crippen LogP contribution in [0, 0.1) is 0 Å². The third kappa shape index (κ3) is 4.46. The highest BCUT2D eigenvalue weighted by Crippen LogP contribution is 2.33. The van der Waals surface area contributed by atoms with Crippen molar-refractivity contribution in [1.82, 2.24) is 5.32 Å². The Kier molecular flexibility index (Phi) is 6.00. The van der Waals surface area contributed by atoms with Gasteiger partial charge in [-0.25, -0.2) is 0 Å². The maximum absolute atomic E-state index is 12.6. The Morgan fingerprint density at radius 3 is 2.87 bits per heavy atom. The molecular weight excluding hydrogens is 320 g/mol. The van der Waals surface area contributed by atoms with Gasteiger partial charge in [0.05, 0.1) is 24.9 Å². The van der Waals surface area contributed by atoms with Crippen LogP contribution in [-0.4, -0.2) is 54.4 Å². The lowest BCUT2D eigenvalue weighted by Crippen LogP contribution is -2.50. The van der Waals surface area contributed by atoms with Crippen LogP contribution < -0.4 is 10.2 Å². The van der Waals surface area contributed by atoms with Crippen molar-refractivity contribution in [2.45, 2.75) is 17.9 Å². The van der Waals surface area contributed by atoms with Crippen LogP contribution in [0.5, 0.6) is 0 Å². The lowest BCUT2D eigenvalue weighted by atomic mass is 10.2. The van der Waals surface area contributed by atoms with Gasteiger partial charge in [0, 0.05) is 10.6 Å². The van der Waals surface area contributed by atoms with Crippen molar-refractivity contribution < 1.29 is 24.2 Å². The first kappa shape index (κ1) is 17.3. The monoisotopic (exact) mass is 338 g/mol. The van der Waals surface area contributed by atoms with Gasteiger partial charge in [-0.2, -0.15) is 0 Å². The van der Waals surface area contributed by atoms with E-state index in [1.54, 1.807) is 19.1 Å². The molecule has 1 aromatic rings. The van der Waals surface area contributed by atoms with E-state index in [4.69, 9.17) is 9.84 Å². The number of carboxylic acid groups (broad SMARTS) is 1. The maximum atomic E-state index is 12.6. The number of anilines is 1. The number of ether oxygens (including phenoxy) is 1. The van der Waals surface area contributed by atoms with Crippen molar-refractivity contribution >= 4 is 35.3 Å². The number of amides is 1. The standard InChI is InChI=1S/C15H18N2O5S/c1-2-22-14(20)7-16-10-9-23-12-6-4-3-5-11(12)17(15(10)21)8-13(18)19/h3-6,10,16H,2,7-9H2,1H3,(H,18,19). The SMILES string of the molecule is CCOC(=O)CNC1CSc2ccccc2N(CC(=O)O)C1=O. The number of carbonyl (C=O) groups excluding carboxylic acids is 2. The van der Waals surface area contributed by atoms with Crippen LogP contribution in [0.25, 0.3) is 0 Å². The average Bonchev–Trinajstić information content (AvgIpc) is 2.64. The Hall–Kier alpha value is -2.06. The zero-order chi connectivity index (χ0) is 16.8. The smallest absolute Gasteiger partial charge is 0.323 e. The number of carboxylic acids is 1. The molecule has 0 aromatic heterocycles. The Morgan fingerprint density at radius 2 is 2.17 bits per heavy atom. The zero-order valence-electron chi connectivity index (χ0n) is 12.7. The average molecular weight is 338 g/mol. The number of esters is 1. The van der Waals surface area contributed by atoms with E-state index in [0.29, 0.717) is 11.4 Å². The van der Waals surface area contributed by atoms with Crippen molar-refractivity contribution in [3.8, 4) is 0 Å². The molecule has 0 bridgehead atoms. The summed E-state index contributed by atoms with van der Waals surface area (Å²) >= 11 is 1.45. The molecule has 1 aromatic carbocycles. The molecule has 0 saturated heterocycles. The Morgan fingerprint density at radius 1 is 1.43 bits per heavy atom. The minimum absolute atomic E-state index is 0.0952. The molecule has 1 heterocycles. The molecule has 23 heavy (non-hydrogen) atoms. The Bertz CT molecular complexity index is 607. The van der Waals surface area contributed by atoms with E-state index in [1.807, 2.05) is 12.1 Å². The highest BCUT2D eigenvalue weighted by Gasteiger charge is 2.32. The molecule has 0 saturated carbocycles. The molecule has 0 fully saturated rings. The molecular formula is C15H18N2O5S. The summed E-state index contributed by atoms with van der Waals surface area (Å²) in [6, 6.07) is 6.50. The molecule has 1 amide bonds. The molecule has 1 atom stereocenters. The lowest BCUT2D eigenvalue weighted by Gasteiger charge is -2.24. The van der Waals surface area contributed by atoms with Gasteiger partial charge in [-0.3, -0.25) is 24.6 Å². The summed E-state index contributed by atoms with van der Waals surface area (Å²) in [6.07, 6.45) is 0. The predicted octanol–water partition coefficient (Wildman–Crippen LogP) is 0.731. The molecule has 0 spiro atoms. The Balaban J connectivity index is 2.17. The summed E-state index contributed by atoms with van der Waals surface area (Å²) in [5.41, 5.74) is 0.574. The first-order valence-electron chi connectivity index (χ1n) is 7.17. The summed E-state index contributed by atoms with van der Waals surface area (Å²) in [4.78, 5) is 37.3. The summed E-state index contributed by atoms with van der Waals surface area (Å²) in [5, 5.41) is 11.9. The fraction of sp³-hybridized carbons (Fsp3) is 0.400. The minimum atomic E-state index is -1.09. The lowest BCUT2D eigenvalue weighted by molar-refractivity contribution is -0.142. The van der Waals surface area contributed by atoms with Gasteiger partial charge in [0.1, 0.15) is 6.54 Å². The van der Waals surface area contributed by atoms with Crippen LogP contribution in [0.3, 0.4) is 0 Å². The van der Waals surface area contributed by atoms with Crippen LogP contribution in [0.2, 0.25) is 0 Å². The highest BCUT2D eigenvalue weighted by molar-refractivity contribution is 7.99. The molecule has 1 aliphatic heterocycles. The van der Waals surface area contributed by atoms with E-state index in [0.717, 1.165) is 4.90 Å². The number of carbonyl (C=O) groups is 3. The van der Waals surface area contributed by atoms with Gasteiger partial charge in [-0.05, 0) is 19.1 Å². The summed E-state index contributed by atoms with van der Waals surface area (Å²) in [5.74, 6) is -1.50. The van der Waals surface area contributed by atoms with Gasteiger partial charge in [0.2, 0.25) is 5.91 Å². The van der Waals surface area contributed by atoms with E-state index in [-0.39, 0.29) is 19.1 Å². The number of hydrogen-bond donors (Lipinski definition) is 2. The fourth-order valence-corrected chi connectivity index (χ4v) is 3.32. The summed E-state index contributed by atoms with van der Waals surface area (Å²) < 4.78 is 4.83. The molecule has 0 radical (unpaired) electrons. The van der Waals surface area contributed by atoms with Crippen molar-refractivity contribution in [3.05, 3.63) is 24.3 Å². The van der Waals surface area contributed by atoms with Crippen molar-refractivity contribution in [1.29, 1.82) is 0 Å². The Labute approximate surface area is 138 Å². The molecule has 2 N–H and O–H groups in total. The molecule has 1 unspecified atom stereocenters. The molecule has 0 aliphatic carbocycles. The molecule has 124 valence electrons. The van der Waals surface area contributed by atoms with Crippen molar-refractivity contribution in [2.24, 2.45) is 0 Å². The quantitative estimate of drug-likeness (QED) is 0.738. The van der Waals surface area contributed by atoms with E-state index in [9.17, 15) is 14.4 Å². The zero-order valence-corrected chi connectivity index (χ0v) is 13.5. The number of hydrogen-bond acceptors (Lipinski definition) is 6. The van der Waals surface area contributed by atoms with Gasteiger partial charge in [-0.1, -0.05) is 12.1 Å². The predicted molar refractivity (Wildman–Crippen MR) is 85.6 cm³/mol. The van der Waals surface area contributed by atoms with Crippen molar-refractivity contribution in [3.63, 3.8) is 0 Å². The van der Waals surface area contributed by atoms with Crippen LogP contribution in [0.15, 0.2) is 29.2 Å². The van der Waals surface area contributed by atoms with E-state index in [2.05, 4.69) is 5.32 Å². The van der Waals surface area contributed by atoms with E-state index < -0.39 is 24.5 Å². The maximum Gasteiger partial charge on any atom is 0.323 e. The summed E-state index contributed by atoms with van der Waals surface area (Å²) in [6.45, 7) is 1.45. The largest absolute Gasteiger partial charge is 0.480 e. The van der Waals surface area contributed by atoms with Gasteiger partial charge in [0.15, 0.2) is 0 Å². The van der Waals surface area contributed by atoms with E-state index >= 15 is 0 Å². The van der Waals surface area contributed by atoms with Gasteiger partial charge < -0.3 is 9.84 Å². The second-order valence-corrected chi connectivity index (χ2v) is 5.90. The minimum Gasteiger partial charge on any atom is -0.480 e. The number of thioether (sulfide) groups is 1. The van der Waals surface area contributed by atoms with Crippen LogP contribution >= 0.6 is 11.8 Å². The van der Waals surface area contributed by atoms with Crippen LogP contribution in [-0.2, 0) is 19.1 Å². The van der Waals surface area contributed by atoms with Crippen molar-refractivity contribution in [2.75, 3.05) is 30.3 Å². The molecule has 1 aliphatic rings. The fourth-order valence-electron chi connectivity index (χ4n) is 2.22. The van der Waals surface area contributed by atoms with Gasteiger partial charge in [-0.15, -0.1) is 11.8 Å². The number of nitrogens with zero attached hydrogens (tertiary/aromatic N) is 1. The first-order chi connectivity index (χ1) is 11.0. The molecule has 2 rings (SSSR count). The molecule has 7 nitrogen and oxygen atoms in total. The number of nitrogens with one attached hydrogen (secondary N) is 1. The highest BCUT2D eigenvalue weighted by atomic mass is 32.2. The number of fused-ring (bicyclic) bond motifs is 1. The number of rotatable bonds is 6. The van der Waals surface area contributed by atoms with Gasteiger partial charge in [0.25, 0.3) is 0 Å². The van der Waals surface area contributed by atoms with Gasteiger partial charge >= 0.3 is 11.9 Å². The topological polar surface area (TPSA) is 95.9 Å². The van der Waals surface area contributed by atoms with E-state index in [1.165, 1.54) is 16.7 Å². The summed E-state index contributed by atoms with van der Waals surface area (Å²) in [7, 11) is 0. The second-order valence-electron chi connectivity index (χ2n) is 4.84. The second kappa shape index (κ2) is 7.98. The van der Waals surface area contributed by atoms with Crippen LogP contribution in [0.4, 0.5) is 5.69 Å². The van der Waals surface area contributed by atoms with Crippen LogP contribution in [0.1, 0.15) is 6.92 Å². The number of para-hydroxylation sites is 1. The number of benzene rings is 1. The third-order valence-corrected chi connectivity index (χ3v) is 4.37. The number of aliphatic carboxylic acids is 1. The third-order valence-electron chi connectivity index (χ3n) is 3.22. The first-order valence-corrected chi connectivity index (χ1v) is 8.15.